The highest BCUT2D eigenvalue weighted by molar-refractivity contribution is 5.47. The molecule has 0 saturated heterocycles. The topological polar surface area (TPSA) is 37.5 Å². The maximum atomic E-state index is 10.4. The van der Waals surface area contributed by atoms with Gasteiger partial charge in [0.15, 0.2) is 0 Å². The third kappa shape index (κ3) is 2.69. The third-order valence-electron chi connectivity index (χ3n) is 3.81. The monoisotopic (exact) mass is 280 g/mol. The van der Waals surface area contributed by atoms with Crippen molar-refractivity contribution in [1.82, 2.24) is 9.38 Å². The number of aliphatic hydroxyl groups excluding tert-OH is 1. The first kappa shape index (κ1) is 13.8. The molecule has 3 nitrogen and oxygen atoms in total. The number of hydrogen-bond donors (Lipinski definition) is 1. The predicted octanol–water partition coefficient (Wildman–Crippen LogP) is 3.68. The molecular formula is C18H20N2O. The standard InChI is InChI=1S/C18H20N2O/c1-3-16(21)18-15(12-14-7-5-4-6-8-14)19-17-11-13(2)9-10-20(17)18/h4-11,16,21H,3,12H2,1-2H3. The molecule has 108 valence electrons. The number of rotatable bonds is 4. The summed E-state index contributed by atoms with van der Waals surface area (Å²) in [4.78, 5) is 4.74. The normalized spacial score (nSPS) is 12.7. The number of nitrogens with zero attached hydrogens (tertiary/aromatic N) is 2. The second-order valence-electron chi connectivity index (χ2n) is 5.46. The van der Waals surface area contributed by atoms with Gasteiger partial charge in [-0.25, -0.2) is 4.98 Å². The molecule has 1 unspecified atom stereocenters. The van der Waals surface area contributed by atoms with Gasteiger partial charge < -0.3 is 9.51 Å². The lowest BCUT2D eigenvalue weighted by atomic mass is 10.1. The zero-order chi connectivity index (χ0) is 14.8. The first-order valence-corrected chi connectivity index (χ1v) is 7.38. The number of hydrogen-bond acceptors (Lipinski definition) is 2. The van der Waals surface area contributed by atoms with Crippen molar-refractivity contribution in [2.24, 2.45) is 0 Å². The van der Waals surface area contributed by atoms with Crippen LogP contribution in [-0.2, 0) is 6.42 Å². The van der Waals surface area contributed by atoms with E-state index in [1.807, 2.05) is 41.8 Å². The molecule has 0 bridgehead atoms. The Balaban J connectivity index is 2.12. The van der Waals surface area contributed by atoms with E-state index in [2.05, 4.69) is 25.1 Å². The molecule has 2 heterocycles. The Hall–Kier alpha value is -2.13. The summed E-state index contributed by atoms with van der Waals surface area (Å²) in [7, 11) is 0. The lowest BCUT2D eigenvalue weighted by Gasteiger charge is -2.10. The van der Waals surface area contributed by atoms with Gasteiger partial charge in [-0.15, -0.1) is 0 Å². The van der Waals surface area contributed by atoms with Crippen LogP contribution >= 0.6 is 0 Å². The third-order valence-corrected chi connectivity index (χ3v) is 3.81. The van der Waals surface area contributed by atoms with Crippen molar-refractivity contribution < 1.29 is 5.11 Å². The number of aliphatic hydroxyl groups is 1. The zero-order valence-corrected chi connectivity index (χ0v) is 12.5. The predicted molar refractivity (Wildman–Crippen MR) is 84.4 cm³/mol. The summed E-state index contributed by atoms with van der Waals surface area (Å²) in [6, 6.07) is 14.4. The van der Waals surface area contributed by atoms with Crippen molar-refractivity contribution in [2.45, 2.75) is 32.8 Å². The SMILES string of the molecule is CCC(O)c1c(Cc2ccccc2)nc2cc(C)ccn12. The van der Waals surface area contributed by atoms with Crippen molar-refractivity contribution in [1.29, 1.82) is 0 Å². The van der Waals surface area contributed by atoms with Gasteiger partial charge >= 0.3 is 0 Å². The van der Waals surface area contributed by atoms with Gasteiger partial charge in [0, 0.05) is 12.6 Å². The van der Waals surface area contributed by atoms with Crippen LogP contribution in [-0.4, -0.2) is 14.5 Å². The maximum absolute atomic E-state index is 10.4. The van der Waals surface area contributed by atoms with Crippen molar-refractivity contribution in [3.63, 3.8) is 0 Å². The minimum absolute atomic E-state index is 0.485. The summed E-state index contributed by atoms with van der Waals surface area (Å²) in [5.41, 5.74) is 5.17. The molecule has 0 amide bonds. The van der Waals surface area contributed by atoms with Crippen LogP contribution < -0.4 is 0 Å². The Labute approximate surface area is 124 Å². The van der Waals surface area contributed by atoms with Crippen molar-refractivity contribution in [3.8, 4) is 0 Å². The van der Waals surface area contributed by atoms with Crippen molar-refractivity contribution in [2.75, 3.05) is 0 Å². The Bertz CT molecular complexity index is 747. The Morgan fingerprint density at radius 2 is 1.95 bits per heavy atom. The molecule has 1 aromatic carbocycles. The Kier molecular flexibility index (Phi) is 3.76. The molecule has 1 atom stereocenters. The highest BCUT2D eigenvalue weighted by Crippen LogP contribution is 2.25. The maximum Gasteiger partial charge on any atom is 0.137 e. The second kappa shape index (κ2) is 5.70. The van der Waals surface area contributed by atoms with Crippen LogP contribution in [0.1, 0.15) is 42.0 Å². The van der Waals surface area contributed by atoms with Crippen molar-refractivity contribution in [3.05, 3.63) is 71.2 Å². The molecule has 3 rings (SSSR count). The number of aromatic nitrogens is 2. The van der Waals surface area contributed by atoms with Gasteiger partial charge in [-0.05, 0) is 36.6 Å². The molecule has 0 saturated carbocycles. The minimum atomic E-state index is -0.485. The summed E-state index contributed by atoms with van der Waals surface area (Å²) in [5.74, 6) is 0. The summed E-state index contributed by atoms with van der Waals surface area (Å²) in [6.45, 7) is 4.05. The molecule has 1 N–H and O–H groups in total. The van der Waals surface area contributed by atoms with Crippen LogP contribution in [0.3, 0.4) is 0 Å². The van der Waals surface area contributed by atoms with Crippen LogP contribution in [0.2, 0.25) is 0 Å². The molecule has 3 aromatic rings. The average molecular weight is 280 g/mol. The molecule has 0 aliphatic carbocycles. The number of aryl methyl sites for hydroxylation is 1. The lowest BCUT2D eigenvalue weighted by Crippen LogP contribution is -2.04. The summed E-state index contributed by atoms with van der Waals surface area (Å²) < 4.78 is 2.01. The molecule has 3 heteroatoms. The quantitative estimate of drug-likeness (QED) is 0.791. The largest absolute Gasteiger partial charge is 0.387 e. The van der Waals surface area contributed by atoms with E-state index in [9.17, 15) is 5.11 Å². The number of pyridine rings is 1. The van der Waals surface area contributed by atoms with E-state index in [1.165, 1.54) is 11.1 Å². The molecule has 0 radical (unpaired) electrons. The molecule has 0 spiro atoms. The van der Waals surface area contributed by atoms with E-state index < -0.39 is 6.10 Å². The van der Waals surface area contributed by atoms with Crippen LogP contribution in [0, 0.1) is 6.92 Å². The van der Waals surface area contributed by atoms with Gasteiger partial charge in [0.1, 0.15) is 5.65 Å². The zero-order valence-electron chi connectivity index (χ0n) is 12.5. The van der Waals surface area contributed by atoms with Gasteiger partial charge in [0.05, 0.1) is 17.5 Å². The van der Waals surface area contributed by atoms with E-state index in [0.29, 0.717) is 6.42 Å². The highest BCUT2D eigenvalue weighted by atomic mass is 16.3. The average Bonchev–Trinajstić information content (AvgIpc) is 2.84. The van der Waals surface area contributed by atoms with Crippen molar-refractivity contribution >= 4 is 5.65 Å². The molecular weight excluding hydrogens is 260 g/mol. The Morgan fingerprint density at radius 1 is 1.19 bits per heavy atom. The minimum Gasteiger partial charge on any atom is -0.387 e. The lowest BCUT2D eigenvalue weighted by molar-refractivity contribution is 0.167. The fourth-order valence-electron chi connectivity index (χ4n) is 2.68. The molecule has 0 aliphatic rings. The number of imidazole rings is 1. The van der Waals surface area contributed by atoms with E-state index in [4.69, 9.17) is 4.98 Å². The smallest absolute Gasteiger partial charge is 0.137 e. The first-order valence-electron chi connectivity index (χ1n) is 7.38. The van der Waals surface area contributed by atoms with Crippen LogP contribution in [0.4, 0.5) is 0 Å². The van der Waals surface area contributed by atoms with Gasteiger partial charge in [0.25, 0.3) is 0 Å². The number of fused-ring (bicyclic) bond motifs is 1. The Morgan fingerprint density at radius 3 is 2.67 bits per heavy atom. The van der Waals surface area contributed by atoms with Gasteiger partial charge in [-0.2, -0.15) is 0 Å². The van der Waals surface area contributed by atoms with E-state index >= 15 is 0 Å². The molecule has 21 heavy (non-hydrogen) atoms. The van der Waals surface area contributed by atoms with E-state index in [1.54, 1.807) is 0 Å². The molecule has 2 aromatic heterocycles. The molecule has 0 aliphatic heterocycles. The van der Waals surface area contributed by atoms with Crippen LogP contribution in [0.25, 0.3) is 5.65 Å². The van der Waals surface area contributed by atoms with Gasteiger partial charge in [0.2, 0.25) is 0 Å². The summed E-state index contributed by atoms with van der Waals surface area (Å²) >= 11 is 0. The highest BCUT2D eigenvalue weighted by Gasteiger charge is 2.18. The fourth-order valence-corrected chi connectivity index (χ4v) is 2.68. The first-order chi connectivity index (χ1) is 10.2. The van der Waals surface area contributed by atoms with E-state index in [0.717, 1.165) is 23.5 Å². The van der Waals surface area contributed by atoms with Gasteiger partial charge in [-0.1, -0.05) is 37.3 Å². The fraction of sp³-hybridized carbons (Fsp3) is 0.278. The van der Waals surface area contributed by atoms with E-state index in [-0.39, 0.29) is 0 Å². The number of benzene rings is 1. The van der Waals surface area contributed by atoms with Crippen LogP contribution in [0.15, 0.2) is 48.7 Å². The summed E-state index contributed by atoms with van der Waals surface area (Å²) in [6.07, 6.45) is 2.94. The molecule has 0 fully saturated rings. The van der Waals surface area contributed by atoms with Crippen LogP contribution in [0.5, 0.6) is 0 Å². The second-order valence-corrected chi connectivity index (χ2v) is 5.46. The van der Waals surface area contributed by atoms with Gasteiger partial charge in [-0.3, -0.25) is 0 Å². The summed E-state index contributed by atoms with van der Waals surface area (Å²) in [5, 5.41) is 10.4.